The molecule has 0 amide bonds. The molecule has 0 saturated carbocycles. The van der Waals surface area contributed by atoms with Crippen LogP contribution in [-0.2, 0) is 27.3 Å². The van der Waals surface area contributed by atoms with Gasteiger partial charge in [0.15, 0.2) is 0 Å². The predicted molar refractivity (Wildman–Crippen MR) is 95.1 cm³/mol. The summed E-state index contributed by atoms with van der Waals surface area (Å²) in [5, 5.41) is 0. The predicted octanol–water partition coefficient (Wildman–Crippen LogP) is 1.41. The summed E-state index contributed by atoms with van der Waals surface area (Å²) >= 11 is 0. The van der Waals surface area contributed by atoms with Crippen molar-refractivity contribution < 1.29 is 41.9 Å². The molecule has 0 fully saturated rings. The van der Waals surface area contributed by atoms with Gasteiger partial charge < -0.3 is 41.9 Å². The van der Waals surface area contributed by atoms with Gasteiger partial charge in [-0.3, -0.25) is 0 Å². The van der Waals surface area contributed by atoms with Crippen LogP contribution >= 0.6 is 22.8 Å². The Kier molecular flexibility index (Phi) is 24.6. The zero-order valence-corrected chi connectivity index (χ0v) is 19.7. The van der Waals surface area contributed by atoms with Crippen LogP contribution in [0.2, 0.25) is 0 Å². The first-order valence-corrected chi connectivity index (χ1v) is 12.6. The van der Waals surface area contributed by atoms with Crippen LogP contribution in [0.15, 0.2) is 0 Å². The minimum Gasteiger partial charge on any atom is -0.779 e. The minimum atomic E-state index is -3.42. The quantitative estimate of drug-likeness (QED) is 0.385. The van der Waals surface area contributed by atoms with Gasteiger partial charge in [0.25, 0.3) is 0 Å². The maximum atomic E-state index is 10.4. The van der Waals surface area contributed by atoms with Crippen molar-refractivity contribution in [3.05, 3.63) is 0 Å². The number of hydrogen-bond donors (Lipinski definition) is 0. The van der Waals surface area contributed by atoms with Crippen LogP contribution in [0.4, 0.5) is 0 Å². The van der Waals surface area contributed by atoms with Gasteiger partial charge in [0.05, 0.1) is 0 Å². The molecule has 0 aliphatic rings. The van der Waals surface area contributed by atoms with Crippen LogP contribution in [0.5, 0.6) is 0 Å². The average molecular weight is 438 g/mol. The monoisotopic (exact) mass is 438 g/mol. The Labute approximate surface area is 162 Å². The van der Waals surface area contributed by atoms with Gasteiger partial charge in [-0.05, 0) is 19.3 Å². The third-order valence-electron chi connectivity index (χ3n) is 2.33. The van der Waals surface area contributed by atoms with Crippen molar-refractivity contribution in [1.29, 1.82) is 0 Å². The molecule has 0 bridgehead atoms. The molecule has 25 heavy (non-hydrogen) atoms. The van der Waals surface area contributed by atoms with Crippen LogP contribution in [0.1, 0.15) is 40.0 Å². The van der Waals surface area contributed by atoms with Crippen LogP contribution in [0.25, 0.3) is 0 Å². The van der Waals surface area contributed by atoms with Crippen molar-refractivity contribution in [2.45, 2.75) is 40.0 Å². The Hall–Kier alpha value is 0.982. The summed E-state index contributed by atoms with van der Waals surface area (Å²) in [6.45, 7) is 5.39. The van der Waals surface area contributed by atoms with E-state index in [9.17, 15) is 28.4 Å². The van der Waals surface area contributed by atoms with E-state index < -0.39 is 22.8 Å². The fourth-order valence-electron chi connectivity index (χ4n) is 1.10. The SMILES string of the molecule is CCCP(=O)([O-])OC.CCCP(=O)([O-])OC.CCCP(=O)([O-])OC.[Al+3]. The third kappa shape index (κ3) is 27.3. The van der Waals surface area contributed by atoms with E-state index in [4.69, 9.17) is 0 Å². The van der Waals surface area contributed by atoms with Crippen molar-refractivity contribution in [1.82, 2.24) is 0 Å². The fourth-order valence-corrected chi connectivity index (χ4v) is 3.29. The maximum Gasteiger partial charge on any atom is 3.00 e. The Bertz CT molecular complexity index is 372. The normalized spacial score (nSPS) is 17.2. The summed E-state index contributed by atoms with van der Waals surface area (Å²) in [5.41, 5.74) is 0. The maximum absolute atomic E-state index is 10.4. The molecule has 0 aliphatic heterocycles. The zero-order valence-electron chi connectivity index (χ0n) is 15.8. The van der Waals surface area contributed by atoms with Crippen LogP contribution in [-0.4, -0.2) is 57.2 Å². The fraction of sp³-hybridized carbons (Fsp3) is 1.00. The number of hydrogen-bond acceptors (Lipinski definition) is 9. The molecule has 3 unspecified atom stereocenters. The van der Waals surface area contributed by atoms with Crippen molar-refractivity contribution in [3.8, 4) is 0 Å². The summed E-state index contributed by atoms with van der Waals surface area (Å²) < 4.78 is 43.7. The molecule has 13 heteroatoms. The molecule has 0 heterocycles. The van der Waals surface area contributed by atoms with E-state index in [0.717, 1.165) is 0 Å². The van der Waals surface area contributed by atoms with Gasteiger partial charge in [-0.25, -0.2) is 0 Å². The molecule has 0 rings (SSSR count). The van der Waals surface area contributed by atoms with E-state index in [1.165, 1.54) is 21.3 Å². The molecule has 0 N–H and O–H groups in total. The van der Waals surface area contributed by atoms with Crippen molar-refractivity contribution >= 4 is 40.1 Å². The van der Waals surface area contributed by atoms with Gasteiger partial charge in [0.1, 0.15) is 22.8 Å². The topological polar surface area (TPSA) is 148 Å². The van der Waals surface area contributed by atoms with Gasteiger partial charge in [-0.2, -0.15) is 0 Å². The molecule has 0 saturated heterocycles. The molecule has 0 aromatic heterocycles. The molecular weight excluding hydrogens is 408 g/mol. The summed E-state index contributed by atoms with van der Waals surface area (Å²) in [4.78, 5) is 31.2. The summed E-state index contributed by atoms with van der Waals surface area (Å²) in [6, 6.07) is 0. The molecule has 0 radical (unpaired) electrons. The first-order chi connectivity index (χ1) is 10.9. The van der Waals surface area contributed by atoms with E-state index in [-0.39, 0.29) is 35.8 Å². The Morgan fingerprint density at radius 3 is 0.800 bits per heavy atom. The minimum absolute atomic E-state index is 0. The summed E-state index contributed by atoms with van der Waals surface area (Å²) in [5.74, 6) is 0. The standard InChI is InChI=1S/3C4H11O3P.Al/c3*1-3-4-8(5,6)7-2;/h3*3-4H2,1-2H3,(H,5,6);/q;;;+3/p-3. The zero-order chi connectivity index (χ0) is 19.9. The molecule has 0 aromatic rings. The molecule has 0 aliphatic carbocycles. The smallest absolute Gasteiger partial charge is 0.779 e. The van der Waals surface area contributed by atoms with E-state index in [1.54, 1.807) is 20.8 Å². The second-order valence-electron chi connectivity index (χ2n) is 4.55. The van der Waals surface area contributed by atoms with Crippen molar-refractivity contribution in [2.24, 2.45) is 0 Å². The van der Waals surface area contributed by atoms with E-state index in [0.29, 0.717) is 19.3 Å². The number of rotatable bonds is 9. The Balaban J connectivity index is -0.000000130. The molecule has 3 atom stereocenters. The third-order valence-corrected chi connectivity index (χ3v) is 6.98. The van der Waals surface area contributed by atoms with E-state index in [2.05, 4.69) is 13.6 Å². The van der Waals surface area contributed by atoms with E-state index in [1.807, 2.05) is 0 Å². The summed E-state index contributed by atoms with van der Waals surface area (Å²) in [6.07, 6.45) is 2.29. The van der Waals surface area contributed by atoms with Crippen LogP contribution in [0, 0.1) is 0 Å². The van der Waals surface area contributed by atoms with Gasteiger partial charge in [-0.15, -0.1) is 0 Å². The molecule has 150 valence electrons. The Morgan fingerprint density at radius 2 is 0.760 bits per heavy atom. The van der Waals surface area contributed by atoms with Gasteiger partial charge >= 0.3 is 17.4 Å². The summed E-state index contributed by atoms with van der Waals surface area (Å²) in [7, 11) is -6.72. The van der Waals surface area contributed by atoms with Crippen molar-refractivity contribution in [2.75, 3.05) is 39.8 Å². The first kappa shape index (κ1) is 33.6. The van der Waals surface area contributed by atoms with E-state index >= 15 is 0 Å². The average Bonchev–Trinajstić information content (AvgIpc) is 2.48. The van der Waals surface area contributed by atoms with Gasteiger partial charge in [0, 0.05) is 39.8 Å². The molecule has 0 aromatic carbocycles. The molecule has 9 nitrogen and oxygen atoms in total. The van der Waals surface area contributed by atoms with Gasteiger partial charge in [-0.1, -0.05) is 20.8 Å². The molecular formula is C12H30AlO9P3. The van der Waals surface area contributed by atoms with Crippen LogP contribution < -0.4 is 14.7 Å². The van der Waals surface area contributed by atoms with Crippen molar-refractivity contribution in [3.63, 3.8) is 0 Å². The largest absolute Gasteiger partial charge is 3.00 e. The Morgan fingerprint density at radius 1 is 0.600 bits per heavy atom. The first-order valence-electron chi connectivity index (χ1n) is 7.44. The second kappa shape index (κ2) is 18.4. The molecule has 0 spiro atoms. The van der Waals surface area contributed by atoms with Gasteiger partial charge in [0.2, 0.25) is 0 Å². The van der Waals surface area contributed by atoms with Crippen LogP contribution in [0.3, 0.4) is 0 Å². The second-order valence-corrected chi connectivity index (χ2v) is 10.7.